The number of aliphatic hydroxyl groups excluding tert-OH is 1. The molecule has 0 atom stereocenters. The lowest BCUT2D eigenvalue weighted by Crippen LogP contribution is -2.11. The van der Waals surface area contributed by atoms with Crippen LogP contribution in [0.4, 0.5) is 5.69 Å². The Hall–Kier alpha value is -2.46. The first-order chi connectivity index (χ1) is 9.29. The molecule has 1 amide bonds. The standard InChI is InChI=1S/C15H14N2O2/c18-9-3-5-12-4-1-7-14(10-12)17-15(19)13-6-2-8-16-11-13/h1-8,10-11,18H,9H2,(H,17,19). The SMILES string of the molecule is O=C(Nc1cccc(C=CCO)c1)c1cccnc1. The van der Waals surface area contributed by atoms with Gasteiger partial charge in [-0.05, 0) is 29.8 Å². The summed E-state index contributed by atoms with van der Waals surface area (Å²) < 4.78 is 0. The lowest BCUT2D eigenvalue weighted by Gasteiger charge is -2.05. The van der Waals surface area contributed by atoms with E-state index in [1.807, 2.05) is 24.3 Å². The number of anilines is 1. The number of nitrogens with zero attached hydrogens (tertiary/aromatic N) is 1. The zero-order valence-corrected chi connectivity index (χ0v) is 10.3. The van der Waals surface area contributed by atoms with Crippen LogP contribution in [0.2, 0.25) is 0 Å². The second-order valence-corrected chi connectivity index (χ2v) is 3.91. The van der Waals surface area contributed by atoms with Crippen molar-refractivity contribution in [2.75, 3.05) is 11.9 Å². The summed E-state index contributed by atoms with van der Waals surface area (Å²) in [4.78, 5) is 15.8. The predicted molar refractivity (Wildman–Crippen MR) is 74.8 cm³/mol. The summed E-state index contributed by atoms with van der Waals surface area (Å²) in [5.41, 5.74) is 2.13. The molecule has 0 radical (unpaired) electrons. The van der Waals surface area contributed by atoms with Crippen LogP contribution in [0.1, 0.15) is 15.9 Å². The number of aromatic nitrogens is 1. The second kappa shape index (κ2) is 6.47. The third-order valence-corrected chi connectivity index (χ3v) is 2.48. The summed E-state index contributed by atoms with van der Waals surface area (Å²) in [6.45, 7) is -0.00767. The maximum Gasteiger partial charge on any atom is 0.257 e. The molecule has 0 saturated heterocycles. The highest BCUT2D eigenvalue weighted by Crippen LogP contribution is 2.13. The van der Waals surface area contributed by atoms with Crippen molar-refractivity contribution >= 4 is 17.7 Å². The van der Waals surface area contributed by atoms with Crippen LogP contribution in [0.3, 0.4) is 0 Å². The van der Waals surface area contributed by atoms with E-state index in [1.165, 1.54) is 6.20 Å². The highest BCUT2D eigenvalue weighted by Gasteiger charge is 2.05. The van der Waals surface area contributed by atoms with Crippen LogP contribution in [-0.4, -0.2) is 22.6 Å². The second-order valence-electron chi connectivity index (χ2n) is 3.91. The molecule has 2 aromatic rings. The minimum atomic E-state index is -0.198. The number of pyridine rings is 1. The molecule has 0 aliphatic carbocycles. The van der Waals surface area contributed by atoms with Crippen LogP contribution in [0.5, 0.6) is 0 Å². The number of benzene rings is 1. The molecule has 0 aliphatic rings. The van der Waals surface area contributed by atoms with Gasteiger partial charge in [0.05, 0.1) is 12.2 Å². The fraction of sp³-hybridized carbons (Fsp3) is 0.0667. The minimum absolute atomic E-state index is 0.00767. The molecule has 2 rings (SSSR count). The van der Waals surface area contributed by atoms with Crippen molar-refractivity contribution in [1.29, 1.82) is 0 Å². The van der Waals surface area contributed by atoms with Gasteiger partial charge < -0.3 is 10.4 Å². The van der Waals surface area contributed by atoms with Crippen LogP contribution in [0.25, 0.3) is 6.08 Å². The summed E-state index contributed by atoms with van der Waals surface area (Å²) in [5, 5.41) is 11.5. The minimum Gasteiger partial charge on any atom is -0.392 e. The van der Waals surface area contributed by atoms with Gasteiger partial charge in [0.2, 0.25) is 0 Å². The smallest absolute Gasteiger partial charge is 0.257 e. The molecule has 0 aliphatic heterocycles. The van der Waals surface area contributed by atoms with E-state index in [9.17, 15) is 4.79 Å². The van der Waals surface area contributed by atoms with E-state index in [0.29, 0.717) is 11.3 Å². The molecule has 19 heavy (non-hydrogen) atoms. The van der Waals surface area contributed by atoms with Gasteiger partial charge in [0, 0.05) is 18.1 Å². The highest BCUT2D eigenvalue weighted by atomic mass is 16.2. The molecular formula is C15H14N2O2. The molecule has 0 spiro atoms. The predicted octanol–water partition coefficient (Wildman–Crippen LogP) is 2.34. The maximum absolute atomic E-state index is 11.9. The number of nitrogens with one attached hydrogen (secondary N) is 1. The monoisotopic (exact) mass is 254 g/mol. The van der Waals surface area contributed by atoms with Crippen molar-refractivity contribution in [2.45, 2.75) is 0 Å². The molecule has 1 aromatic carbocycles. The summed E-state index contributed by atoms with van der Waals surface area (Å²) in [6, 6.07) is 10.8. The van der Waals surface area contributed by atoms with Crippen LogP contribution in [0, 0.1) is 0 Å². The van der Waals surface area contributed by atoms with Crippen LogP contribution < -0.4 is 5.32 Å². The molecule has 2 N–H and O–H groups in total. The van der Waals surface area contributed by atoms with E-state index in [-0.39, 0.29) is 12.5 Å². The molecule has 4 nitrogen and oxygen atoms in total. The zero-order valence-electron chi connectivity index (χ0n) is 10.3. The van der Waals surface area contributed by atoms with Gasteiger partial charge in [-0.2, -0.15) is 0 Å². The molecule has 0 unspecified atom stereocenters. The van der Waals surface area contributed by atoms with Crippen molar-refractivity contribution in [1.82, 2.24) is 4.98 Å². The number of rotatable bonds is 4. The number of aliphatic hydroxyl groups is 1. The van der Waals surface area contributed by atoms with Crippen molar-refractivity contribution in [2.24, 2.45) is 0 Å². The van der Waals surface area contributed by atoms with Gasteiger partial charge in [0.1, 0.15) is 0 Å². The Morgan fingerprint density at radius 2 is 2.21 bits per heavy atom. The largest absolute Gasteiger partial charge is 0.392 e. The summed E-state index contributed by atoms with van der Waals surface area (Å²) in [7, 11) is 0. The maximum atomic E-state index is 11.9. The zero-order chi connectivity index (χ0) is 13.5. The molecular weight excluding hydrogens is 240 g/mol. The number of carbonyl (C=O) groups is 1. The summed E-state index contributed by atoms with van der Waals surface area (Å²) in [6.07, 6.45) is 6.57. The highest BCUT2D eigenvalue weighted by molar-refractivity contribution is 6.04. The molecule has 1 aromatic heterocycles. The molecule has 0 bridgehead atoms. The van der Waals surface area contributed by atoms with Crippen molar-refractivity contribution in [3.63, 3.8) is 0 Å². The Kier molecular flexibility index (Phi) is 4.42. The van der Waals surface area contributed by atoms with Gasteiger partial charge in [0.15, 0.2) is 0 Å². The molecule has 4 heteroatoms. The van der Waals surface area contributed by atoms with Crippen LogP contribution in [-0.2, 0) is 0 Å². The number of carbonyl (C=O) groups excluding carboxylic acids is 1. The summed E-state index contributed by atoms with van der Waals surface area (Å²) in [5.74, 6) is -0.198. The molecule has 96 valence electrons. The van der Waals surface area contributed by atoms with Crippen molar-refractivity contribution in [3.8, 4) is 0 Å². The average molecular weight is 254 g/mol. The summed E-state index contributed by atoms with van der Waals surface area (Å²) >= 11 is 0. The number of hydrogen-bond donors (Lipinski definition) is 2. The quantitative estimate of drug-likeness (QED) is 0.880. The Morgan fingerprint density at radius 3 is 2.95 bits per heavy atom. The van der Waals surface area contributed by atoms with Gasteiger partial charge >= 0.3 is 0 Å². The van der Waals surface area contributed by atoms with E-state index >= 15 is 0 Å². The Labute approximate surface area is 111 Å². The normalized spacial score (nSPS) is 10.6. The molecule has 0 saturated carbocycles. The van der Waals surface area contributed by atoms with Gasteiger partial charge in [-0.15, -0.1) is 0 Å². The first-order valence-electron chi connectivity index (χ1n) is 5.88. The molecule has 0 fully saturated rings. The Morgan fingerprint density at radius 1 is 1.32 bits per heavy atom. The van der Waals surface area contributed by atoms with Crippen LogP contribution >= 0.6 is 0 Å². The lowest BCUT2D eigenvalue weighted by atomic mass is 10.2. The first-order valence-corrected chi connectivity index (χ1v) is 5.88. The van der Waals surface area contributed by atoms with Gasteiger partial charge in [-0.3, -0.25) is 9.78 Å². The topological polar surface area (TPSA) is 62.2 Å². The third kappa shape index (κ3) is 3.76. The Bertz CT molecular complexity index is 580. The van der Waals surface area contributed by atoms with E-state index in [1.54, 1.807) is 30.5 Å². The fourth-order valence-electron chi connectivity index (χ4n) is 1.61. The lowest BCUT2D eigenvalue weighted by molar-refractivity contribution is 0.102. The number of amides is 1. The van der Waals surface area contributed by atoms with Crippen molar-refractivity contribution < 1.29 is 9.90 Å². The van der Waals surface area contributed by atoms with Crippen LogP contribution in [0.15, 0.2) is 54.9 Å². The van der Waals surface area contributed by atoms with E-state index in [4.69, 9.17) is 5.11 Å². The molecule has 1 heterocycles. The fourth-order valence-corrected chi connectivity index (χ4v) is 1.61. The van der Waals surface area contributed by atoms with Gasteiger partial charge in [-0.25, -0.2) is 0 Å². The van der Waals surface area contributed by atoms with Gasteiger partial charge in [-0.1, -0.05) is 24.3 Å². The van der Waals surface area contributed by atoms with Crippen molar-refractivity contribution in [3.05, 3.63) is 66.0 Å². The first kappa shape index (κ1) is 13.0. The number of hydrogen-bond acceptors (Lipinski definition) is 3. The Balaban J connectivity index is 2.11. The van der Waals surface area contributed by atoms with Gasteiger partial charge in [0.25, 0.3) is 5.91 Å². The average Bonchev–Trinajstić information content (AvgIpc) is 2.46. The third-order valence-electron chi connectivity index (χ3n) is 2.48. The van der Waals surface area contributed by atoms with E-state index < -0.39 is 0 Å². The van der Waals surface area contributed by atoms with E-state index in [0.717, 1.165) is 5.56 Å². The van der Waals surface area contributed by atoms with E-state index in [2.05, 4.69) is 10.3 Å².